The molecule has 1 aromatic rings. The zero-order chi connectivity index (χ0) is 14.1. The van der Waals surface area contributed by atoms with Crippen LogP contribution in [0.5, 0.6) is 0 Å². The second-order valence-corrected chi connectivity index (χ2v) is 4.50. The van der Waals surface area contributed by atoms with Crippen molar-refractivity contribution in [2.24, 2.45) is 0 Å². The van der Waals surface area contributed by atoms with Crippen molar-refractivity contribution >= 4 is 27.6 Å². The summed E-state index contributed by atoms with van der Waals surface area (Å²) in [6.07, 6.45) is -0.0122. The lowest BCUT2D eigenvalue weighted by Gasteiger charge is -2.11. The Morgan fingerprint density at radius 1 is 1.26 bits per heavy atom. The van der Waals surface area contributed by atoms with E-state index in [1.165, 1.54) is 6.33 Å². The summed E-state index contributed by atoms with van der Waals surface area (Å²) < 4.78 is 29.2. The van der Waals surface area contributed by atoms with Crippen molar-refractivity contribution in [2.45, 2.75) is 19.8 Å². The van der Waals surface area contributed by atoms with Crippen LogP contribution in [0, 0.1) is 0 Å². The number of hydrogen-bond donors (Lipinski definition) is 2. The fourth-order valence-electron chi connectivity index (χ4n) is 1.27. The van der Waals surface area contributed by atoms with Crippen LogP contribution in [0.4, 0.5) is 20.4 Å². The van der Waals surface area contributed by atoms with E-state index in [9.17, 15) is 8.78 Å². The molecule has 0 unspecified atom stereocenters. The molecule has 0 aliphatic heterocycles. The molecule has 108 valence electrons. The molecule has 1 aromatic heterocycles. The number of nitrogens with one attached hydrogen (secondary N) is 2. The van der Waals surface area contributed by atoms with Gasteiger partial charge in [-0.1, -0.05) is 6.92 Å². The summed E-state index contributed by atoms with van der Waals surface area (Å²) in [6, 6.07) is 0. The fraction of sp³-hybridized carbons (Fsp3) is 0.636. The molecular formula is C11H17BrF2N4O. The molecule has 0 aliphatic rings. The van der Waals surface area contributed by atoms with Crippen LogP contribution in [0.3, 0.4) is 0 Å². The standard InChI is InChI=1S/C11H17BrF2N4O/c1-2-3-15-10-9(12)11(18-7-17-10)16-4-5-19-6-8(13)14/h7-8H,2-6H2,1H3,(H2,15,16,17,18). The first-order valence-electron chi connectivity index (χ1n) is 5.99. The van der Waals surface area contributed by atoms with Crippen LogP contribution in [0.15, 0.2) is 10.8 Å². The lowest BCUT2D eigenvalue weighted by atomic mass is 10.4. The van der Waals surface area contributed by atoms with Crippen molar-refractivity contribution in [1.29, 1.82) is 0 Å². The van der Waals surface area contributed by atoms with Crippen molar-refractivity contribution in [3.63, 3.8) is 0 Å². The van der Waals surface area contributed by atoms with Gasteiger partial charge in [0.1, 0.15) is 29.0 Å². The van der Waals surface area contributed by atoms with Crippen LogP contribution >= 0.6 is 15.9 Å². The number of nitrogens with zero attached hydrogens (tertiary/aromatic N) is 2. The summed E-state index contributed by atoms with van der Waals surface area (Å²) in [7, 11) is 0. The highest BCUT2D eigenvalue weighted by Gasteiger charge is 2.07. The maximum Gasteiger partial charge on any atom is 0.261 e. The Bertz CT molecular complexity index is 382. The number of hydrogen-bond acceptors (Lipinski definition) is 5. The molecule has 8 heteroatoms. The number of halogens is 3. The van der Waals surface area contributed by atoms with E-state index in [1.54, 1.807) is 0 Å². The van der Waals surface area contributed by atoms with Gasteiger partial charge in [0.05, 0.1) is 6.61 Å². The average molecular weight is 339 g/mol. The molecule has 19 heavy (non-hydrogen) atoms. The highest BCUT2D eigenvalue weighted by atomic mass is 79.9. The molecule has 0 amide bonds. The number of aromatic nitrogens is 2. The van der Waals surface area contributed by atoms with Gasteiger partial charge < -0.3 is 15.4 Å². The molecule has 0 saturated heterocycles. The van der Waals surface area contributed by atoms with Gasteiger partial charge in [-0.2, -0.15) is 0 Å². The van der Waals surface area contributed by atoms with E-state index in [1.807, 2.05) is 0 Å². The van der Waals surface area contributed by atoms with Gasteiger partial charge in [0.25, 0.3) is 6.43 Å². The minimum absolute atomic E-state index is 0.193. The molecule has 1 rings (SSSR count). The molecule has 0 spiro atoms. The molecule has 0 radical (unpaired) electrons. The van der Waals surface area contributed by atoms with Gasteiger partial charge in [-0.3, -0.25) is 0 Å². The van der Waals surface area contributed by atoms with Gasteiger partial charge in [-0.05, 0) is 22.4 Å². The minimum atomic E-state index is -2.43. The maximum absolute atomic E-state index is 11.8. The SMILES string of the molecule is CCCNc1ncnc(NCCOCC(F)F)c1Br. The number of ether oxygens (including phenoxy) is 1. The zero-order valence-electron chi connectivity index (χ0n) is 10.6. The molecule has 0 atom stereocenters. The molecule has 0 saturated carbocycles. The van der Waals surface area contributed by atoms with Crippen molar-refractivity contribution < 1.29 is 13.5 Å². The minimum Gasteiger partial charge on any atom is -0.374 e. The van der Waals surface area contributed by atoms with Crippen molar-refractivity contribution in [1.82, 2.24) is 9.97 Å². The van der Waals surface area contributed by atoms with Crippen molar-refractivity contribution in [2.75, 3.05) is 36.9 Å². The van der Waals surface area contributed by atoms with Crippen LogP contribution in [-0.2, 0) is 4.74 Å². The normalized spacial score (nSPS) is 10.8. The number of alkyl halides is 2. The van der Waals surface area contributed by atoms with Gasteiger partial charge in [0.2, 0.25) is 0 Å². The first kappa shape index (κ1) is 16.0. The van der Waals surface area contributed by atoms with Gasteiger partial charge in [-0.15, -0.1) is 0 Å². The summed E-state index contributed by atoms with van der Waals surface area (Å²) in [4.78, 5) is 8.17. The Morgan fingerprint density at radius 2 is 1.89 bits per heavy atom. The molecule has 1 heterocycles. The Hall–Kier alpha value is -1.02. The molecule has 0 aliphatic carbocycles. The summed E-state index contributed by atoms with van der Waals surface area (Å²) in [5.41, 5.74) is 0. The monoisotopic (exact) mass is 338 g/mol. The number of rotatable bonds is 9. The third-order valence-electron chi connectivity index (χ3n) is 2.11. The highest BCUT2D eigenvalue weighted by molar-refractivity contribution is 9.10. The van der Waals surface area contributed by atoms with Gasteiger partial charge in [0.15, 0.2) is 0 Å². The second kappa shape index (κ2) is 8.98. The molecule has 5 nitrogen and oxygen atoms in total. The molecule has 0 bridgehead atoms. The quantitative estimate of drug-likeness (QED) is 0.678. The van der Waals surface area contributed by atoms with Gasteiger partial charge in [-0.25, -0.2) is 18.7 Å². The van der Waals surface area contributed by atoms with E-state index in [2.05, 4.69) is 43.5 Å². The number of anilines is 2. The van der Waals surface area contributed by atoms with Crippen molar-refractivity contribution in [3.05, 3.63) is 10.8 Å². The fourth-order valence-corrected chi connectivity index (χ4v) is 1.76. The molecular weight excluding hydrogens is 322 g/mol. The van der Waals surface area contributed by atoms with Gasteiger partial charge >= 0.3 is 0 Å². The summed E-state index contributed by atoms with van der Waals surface area (Å²) in [5, 5.41) is 6.15. The van der Waals surface area contributed by atoms with Crippen LogP contribution in [0.25, 0.3) is 0 Å². The predicted octanol–water partition coefficient (Wildman–Crippen LogP) is 2.75. The summed E-state index contributed by atoms with van der Waals surface area (Å²) >= 11 is 3.39. The smallest absolute Gasteiger partial charge is 0.261 e. The van der Waals surface area contributed by atoms with Crippen molar-refractivity contribution in [3.8, 4) is 0 Å². The predicted molar refractivity (Wildman–Crippen MR) is 73.8 cm³/mol. The largest absolute Gasteiger partial charge is 0.374 e. The first-order chi connectivity index (χ1) is 9.15. The van der Waals surface area contributed by atoms with Crippen LogP contribution in [-0.4, -0.2) is 42.7 Å². The highest BCUT2D eigenvalue weighted by Crippen LogP contribution is 2.26. The molecule has 0 fully saturated rings. The molecule has 0 aromatic carbocycles. The Morgan fingerprint density at radius 3 is 2.47 bits per heavy atom. The van der Waals surface area contributed by atoms with E-state index < -0.39 is 13.0 Å². The Balaban J connectivity index is 2.40. The third-order valence-corrected chi connectivity index (χ3v) is 2.87. The first-order valence-corrected chi connectivity index (χ1v) is 6.78. The molecule has 2 N–H and O–H groups in total. The lowest BCUT2D eigenvalue weighted by Crippen LogP contribution is -2.14. The van der Waals surface area contributed by atoms with Crippen LogP contribution in [0.1, 0.15) is 13.3 Å². The second-order valence-electron chi connectivity index (χ2n) is 3.70. The van der Waals surface area contributed by atoms with E-state index >= 15 is 0 Å². The Kier molecular flexibility index (Phi) is 7.57. The van der Waals surface area contributed by atoms with Crippen LogP contribution in [0.2, 0.25) is 0 Å². The summed E-state index contributed by atoms with van der Waals surface area (Å²) in [6.45, 7) is 2.91. The van der Waals surface area contributed by atoms with E-state index in [0.29, 0.717) is 18.2 Å². The zero-order valence-corrected chi connectivity index (χ0v) is 12.2. The van der Waals surface area contributed by atoms with Crippen LogP contribution < -0.4 is 10.6 Å². The van der Waals surface area contributed by atoms with E-state index in [-0.39, 0.29) is 6.61 Å². The van der Waals surface area contributed by atoms with Gasteiger partial charge in [0, 0.05) is 13.1 Å². The Labute approximate surface area is 119 Å². The average Bonchev–Trinajstić information content (AvgIpc) is 2.38. The van der Waals surface area contributed by atoms with E-state index in [4.69, 9.17) is 4.74 Å². The topological polar surface area (TPSA) is 59.1 Å². The van der Waals surface area contributed by atoms with E-state index in [0.717, 1.165) is 17.4 Å². The maximum atomic E-state index is 11.8. The summed E-state index contributed by atoms with van der Waals surface area (Å²) in [5.74, 6) is 1.31. The lowest BCUT2D eigenvalue weighted by molar-refractivity contribution is 0.0215. The third kappa shape index (κ3) is 6.11.